The second-order valence-corrected chi connectivity index (χ2v) is 11.1. The normalized spacial score (nSPS) is 37.5. The van der Waals surface area contributed by atoms with E-state index in [1.54, 1.807) is 13.0 Å². The molecule has 2 saturated carbocycles. The molecule has 6 heteroatoms. The predicted molar refractivity (Wildman–Crippen MR) is 117 cm³/mol. The quantitative estimate of drug-likeness (QED) is 0.639. The Kier molecular flexibility index (Phi) is 4.26. The van der Waals surface area contributed by atoms with E-state index in [0.29, 0.717) is 18.0 Å². The second kappa shape index (κ2) is 6.39. The number of aromatic hydroxyl groups is 1. The molecule has 168 valence electrons. The third-order valence-electron chi connectivity index (χ3n) is 9.45. The van der Waals surface area contributed by atoms with Gasteiger partial charge in [0, 0.05) is 42.0 Å². The average Bonchev–Trinajstić information content (AvgIpc) is 3.05. The first kappa shape index (κ1) is 20.7. The summed E-state index contributed by atoms with van der Waals surface area (Å²) in [4.78, 5) is 24.2. The van der Waals surface area contributed by atoms with Crippen LogP contribution in [-0.2, 0) is 17.8 Å². The summed E-state index contributed by atoms with van der Waals surface area (Å²) in [6.45, 7) is 11.2. The zero-order valence-corrected chi connectivity index (χ0v) is 19.2. The van der Waals surface area contributed by atoms with Crippen molar-refractivity contribution in [3.05, 3.63) is 22.8 Å². The number of ether oxygens (including phenoxy) is 1. The maximum absolute atomic E-state index is 12.3. The number of benzene rings is 1. The minimum absolute atomic E-state index is 0.0169. The second-order valence-electron chi connectivity index (χ2n) is 11.1. The molecule has 2 fully saturated rings. The first-order chi connectivity index (χ1) is 14.5. The fraction of sp³-hybridized carbons (Fsp3) is 0.680. The highest BCUT2D eigenvalue weighted by atomic mass is 16.5. The topological polar surface area (TPSA) is 87.7 Å². The summed E-state index contributed by atoms with van der Waals surface area (Å²) in [7, 11) is 0. The van der Waals surface area contributed by atoms with Crippen molar-refractivity contribution >= 4 is 11.8 Å². The van der Waals surface area contributed by atoms with Crippen LogP contribution in [0.25, 0.3) is 0 Å². The molecule has 2 amide bonds. The van der Waals surface area contributed by atoms with E-state index in [4.69, 9.17) is 4.74 Å². The van der Waals surface area contributed by atoms with Crippen LogP contribution in [-0.4, -0.2) is 28.6 Å². The van der Waals surface area contributed by atoms with Crippen LogP contribution in [0.5, 0.6) is 11.5 Å². The molecule has 3 N–H and O–H groups in total. The Morgan fingerprint density at radius 1 is 1.23 bits per heavy atom. The van der Waals surface area contributed by atoms with Crippen molar-refractivity contribution in [2.75, 3.05) is 0 Å². The lowest BCUT2D eigenvalue weighted by Gasteiger charge is -2.67. The van der Waals surface area contributed by atoms with Crippen molar-refractivity contribution in [1.82, 2.24) is 10.6 Å². The van der Waals surface area contributed by atoms with Crippen LogP contribution in [0.15, 0.2) is 6.07 Å². The SMILES string of the molecule is CC(=O)N[C@H]1CC[C@@]23Oc4c(c(O)cc5c4CNC5=O)C[C@]2(C)[C@@H](C)CC[C@H]3C1(C)C. The van der Waals surface area contributed by atoms with Crippen molar-refractivity contribution < 1.29 is 19.4 Å². The minimum Gasteiger partial charge on any atom is -0.508 e. The van der Waals surface area contributed by atoms with Crippen molar-refractivity contribution in [2.45, 2.75) is 84.9 Å². The van der Waals surface area contributed by atoms with Crippen LogP contribution in [0.4, 0.5) is 0 Å². The van der Waals surface area contributed by atoms with E-state index in [0.717, 1.165) is 49.0 Å². The predicted octanol–water partition coefficient (Wildman–Crippen LogP) is 3.69. The zero-order valence-electron chi connectivity index (χ0n) is 19.2. The molecule has 1 aromatic rings. The number of carbonyl (C=O) groups is 2. The molecule has 1 spiro atoms. The van der Waals surface area contributed by atoms with Crippen LogP contribution in [0.2, 0.25) is 0 Å². The van der Waals surface area contributed by atoms with Crippen LogP contribution in [0.1, 0.15) is 81.8 Å². The van der Waals surface area contributed by atoms with Gasteiger partial charge in [-0.15, -0.1) is 0 Å². The summed E-state index contributed by atoms with van der Waals surface area (Å²) in [5, 5.41) is 17.0. The van der Waals surface area contributed by atoms with Gasteiger partial charge in [0.25, 0.3) is 5.91 Å². The third kappa shape index (κ3) is 2.56. The largest absolute Gasteiger partial charge is 0.508 e. The van der Waals surface area contributed by atoms with Crippen molar-refractivity contribution in [3.63, 3.8) is 0 Å². The maximum Gasteiger partial charge on any atom is 0.252 e. The molecule has 31 heavy (non-hydrogen) atoms. The van der Waals surface area contributed by atoms with Gasteiger partial charge >= 0.3 is 0 Å². The third-order valence-corrected chi connectivity index (χ3v) is 9.45. The first-order valence-corrected chi connectivity index (χ1v) is 11.6. The fourth-order valence-corrected chi connectivity index (χ4v) is 7.47. The fourth-order valence-electron chi connectivity index (χ4n) is 7.47. The monoisotopic (exact) mass is 426 g/mol. The molecule has 0 unspecified atom stereocenters. The van der Waals surface area contributed by atoms with E-state index < -0.39 is 0 Å². The lowest BCUT2D eigenvalue weighted by Crippen LogP contribution is -2.71. The molecule has 6 nitrogen and oxygen atoms in total. The number of nitrogens with one attached hydrogen (secondary N) is 2. The van der Waals surface area contributed by atoms with Crippen molar-refractivity contribution in [3.8, 4) is 11.5 Å². The molecule has 2 aliphatic carbocycles. The smallest absolute Gasteiger partial charge is 0.252 e. The Balaban J connectivity index is 1.67. The molecule has 0 aromatic heterocycles. The van der Waals surface area contributed by atoms with E-state index in [2.05, 4.69) is 38.3 Å². The molecule has 2 heterocycles. The van der Waals surface area contributed by atoms with E-state index in [9.17, 15) is 14.7 Å². The molecular formula is C25H34N2O4. The highest BCUT2D eigenvalue weighted by molar-refractivity contribution is 6.00. The summed E-state index contributed by atoms with van der Waals surface area (Å²) in [5.41, 5.74) is 1.61. The lowest BCUT2D eigenvalue weighted by molar-refractivity contribution is -0.217. The highest BCUT2D eigenvalue weighted by Crippen LogP contribution is 2.66. The van der Waals surface area contributed by atoms with Gasteiger partial charge in [0.2, 0.25) is 5.91 Å². The molecule has 4 aliphatic rings. The van der Waals surface area contributed by atoms with Crippen LogP contribution in [0.3, 0.4) is 0 Å². The average molecular weight is 427 g/mol. The summed E-state index contributed by atoms with van der Waals surface area (Å²) >= 11 is 0. The number of carbonyl (C=O) groups excluding carboxylic acids is 2. The molecule has 1 aromatic carbocycles. The summed E-state index contributed by atoms with van der Waals surface area (Å²) < 4.78 is 7.10. The van der Waals surface area contributed by atoms with Gasteiger partial charge in [-0.1, -0.05) is 27.7 Å². The van der Waals surface area contributed by atoms with Gasteiger partial charge in [0.05, 0.1) is 5.56 Å². The standard InChI is InChI=1S/C25H34N2O4/c1-13-6-7-19-23(3,4)20(27-14(2)28)8-9-25(19)24(13,5)11-16-18(29)10-15-17(21(16)31-25)12-26-22(15)30/h10,13,19-20,29H,6-9,11-12H2,1-5H3,(H,26,30)(H,27,28)/t13-,19-,20-,24+,25-/m0/s1. The van der Waals surface area contributed by atoms with Crippen LogP contribution in [0, 0.1) is 22.7 Å². The Morgan fingerprint density at radius 2 is 1.97 bits per heavy atom. The molecule has 0 saturated heterocycles. The highest BCUT2D eigenvalue weighted by Gasteiger charge is 2.68. The van der Waals surface area contributed by atoms with E-state index in [-0.39, 0.29) is 46.0 Å². The Bertz CT molecular complexity index is 986. The zero-order chi connectivity index (χ0) is 22.3. The van der Waals surface area contributed by atoms with Crippen molar-refractivity contribution in [1.29, 1.82) is 0 Å². The van der Waals surface area contributed by atoms with Crippen molar-refractivity contribution in [2.24, 2.45) is 22.7 Å². The summed E-state index contributed by atoms with van der Waals surface area (Å²) in [6, 6.07) is 1.73. The number of fused-ring (bicyclic) bond motifs is 3. The molecule has 0 radical (unpaired) electrons. The van der Waals surface area contributed by atoms with E-state index in [1.165, 1.54) is 0 Å². The Morgan fingerprint density at radius 3 is 2.68 bits per heavy atom. The minimum atomic E-state index is -0.386. The van der Waals surface area contributed by atoms with Crippen LogP contribution >= 0.6 is 0 Å². The first-order valence-electron chi connectivity index (χ1n) is 11.6. The molecule has 5 rings (SSSR count). The molecule has 2 aliphatic heterocycles. The lowest BCUT2D eigenvalue weighted by atomic mass is 9.43. The summed E-state index contributed by atoms with van der Waals surface area (Å²) in [5.74, 6) is 1.47. The van der Waals surface area contributed by atoms with Gasteiger partial charge in [0.1, 0.15) is 17.1 Å². The summed E-state index contributed by atoms with van der Waals surface area (Å²) in [6.07, 6.45) is 4.61. The number of hydrogen-bond acceptors (Lipinski definition) is 4. The van der Waals surface area contributed by atoms with Gasteiger partial charge < -0.3 is 20.5 Å². The Labute approximate surface area is 184 Å². The van der Waals surface area contributed by atoms with E-state index in [1.807, 2.05) is 0 Å². The Hall–Kier alpha value is -2.24. The number of rotatable bonds is 1. The van der Waals surface area contributed by atoms with Gasteiger partial charge in [-0.3, -0.25) is 9.59 Å². The van der Waals surface area contributed by atoms with Gasteiger partial charge in [-0.25, -0.2) is 0 Å². The van der Waals surface area contributed by atoms with Gasteiger partial charge in [-0.2, -0.15) is 0 Å². The molecule has 0 bridgehead atoms. The number of phenolic OH excluding ortho intramolecular Hbond substituents is 1. The number of hydrogen-bond donors (Lipinski definition) is 3. The van der Waals surface area contributed by atoms with Gasteiger partial charge in [0.15, 0.2) is 0 Å². The molecule has 5 atom stereocenters. The molecular weight excluding hydrogens is 392 g/mol. The maximum atomic E-state index is 12.3. The number of phenols is 1. The van der Waals surface area contributed by atoms with Crippen LogP contribution < -0.4 is 15.4 Å². The van der Waals surface area contributed by atoms with E-state index >= 15 is 0 Å². The van der Waals surface area contributed by atoms with Gasteiger partial charge in [-0.05, 0) is 49.5 Å². The number of amides is 2.